The van der Waals surface area contributed by atoms with Crippen molar-refractivity contribution < 1.29 is 4.79 Å². The molecule has 1 aromatic heterocycles. The highest BCUT2D eigenvalue weighted by Gasteiger charge is 2.50. The minimum Gasteiger partial charge on any atom is -0.338 e. The molecule has 1 aliphatic carbocycles. The van der Waals surface area contributed by atoms with Crippen molar-refractivity contribution in [1.29, 1.82) is 0 Å². The van der Waals surface area contributed by atoms with E-state index in [9.17, 15) is 4.79 Å². The largest absolute Gasteiger partial charge is 0.338 e. The van der Waals surface area contributed by atoms with Gasteiger partial charge in [-0.2, -0.15) is 0 Å². The second kappa shape index (κ2) is 9.03. The number of likely N-dealkylation sites (tertiary alicyclic amines) is 1. The third kappa shape index (κ3) is 4.30. The first-order valence-electron chi connectivity index (χ1n) is 10.2. The summed E-state index contributed by atoms with van der Waals surface area (Å²) in [6.45, 7) is 2.67. The Labute approximate surface area is 184 Å². The average molecular weight is 434 g/mol. The van der Waals surface area contributed by atoms with Crippen molar-refractivity contribution in [2.75, 3.05) is 6.54 Å². The van der Waals surface area contributed by atoms with Crippen LogP contribution in [0.25, 0.3) is 11.1 Å². The van der Waals surface area contributed by atoms with E-state index < -0.39 is 5.41 Å². The van der Waals surface area contributed by atoms with Crippen LogP contribution in [-0.2, 0) is 11.2 Å². The van der Waals surface area contributed by atoms with Crippen LogP contribution in [0.5, 0.6) is 0 Å². The zero-order chi connectivity index (χ0) is 19.7. The zero-order valence-corrected chi connectivity index (χ0v) is 18.4. The third-order valence-electron chi connectivity index (χ3n) is 6.58. The molecule has 2 heterocycles. The molecule has 6 heteroatoms. The van der Waals surface area contributed by atoms with Crippen LogP contribution in [0.2, 0.25) is 5.02 Å². The smallest absolute Gasteiger partial charge is 0.230 e. The SMILES string of the molecule is CC1(Cc2ccc(-c3cccnc3)cc2Cl)C(=O)N(C2CCCCC2)CC1N.Cl. The van der Waals surface area contributed by atoms with Crippen molar-refractivity contribution in [2.45, 2.75) is 57.5 Å². The van der Waals surface area contributed by atoms with Crippen molar-refractivity contribution in [3.8, 4) is 11.1 Å². The maximum Gasteiger partial charge on any atom is 0.230 e. The standard InChI is InChI=1S/C23H28ClN3O.ClH/c1-23(21(25)15-27(22(23)28)19-7-3-2-4-8-19)13-17-10-9-16(12-20(17)24)18-6-5-11-26-14-18;/h5-6,9-12,14,19,21H,2-4,7-8,13,15,25H2,1H3;1H. The summed E-state index contributed by atoms with van der Waals surface area (Å²) in [6, 6.07) is 10.1. The van der Waals surface area contributed by atoms with E-state index in [1.165, 1.54) is 19.3 Å². The lowest BCUT2D eigenvalue weighted by Crippen LogP contribution is -2.43. The number of hydrogen-bond acceptors (Lipinski definition) is 3. The number of carbonyl (C=O) groups is 1. The molecule has 4 nitrogen and oxygen atoms in total. The van der Waals surface area contributed by atoms with E-state index >= 15 is 0 Å². The van der Waals surface area contributed by atoms with Gasteiger partial charge in [-0.15, -0.1) is 12.4 Å². The van der Waals surface area contributed by atoms with E-state index in [4.69, 9.17) is 17.3 Å². The molecule has 2 fully saturated rings. The summed E-state index contributed by atoms with van der Waals surface area (Å²) in [6.07, 6.45) is 10.1. The molecule has 1 saturated heterocycles. The van der Waals surface area contributed by atoms with Crippen LogP contribution in [0.1, 0.15) is 44.6 Å². The van der Waals surface area contributed by atoms with Gasteiger partial charge in [0.2, 0.25) is 5.91 Å². The second-order valence-corrected chi connectivity index (χ2v) is 8.91. The first kappa shape index (κ1) is 22.1. The molecule has 0 spiro atoms. The maximum absolute atomic E-state index is 13.3. The van der Waals surface area contributed by atoms with E-state index in [0.717, 1.165) is 29.5 Å². The number of rotatable bonds is 4. The molecule has 1 amide bonds. The Bertz CT molecular complexity index is 854. The Balaban J connectivity index is 0.00000240. The summed E-state index contributed by atoms with van der Waals surface area (Å²) in [5, 5.41) is 0.679. The topological polar surface area (TPSA) is 59.2 Å². The normalized spacial score (nSPS) is 25.1. The Hall–Kier alpha value is -1.62. The molecule has 2 aromatic rings. The molecule has 156 valence electrons. The van der Waals surface area contributed by atoms with E-state index in [0.29, 0.717) is 24.0 Å². The molecule has 2 aliphatic rings. The molecular weight excluding hydrogens is 405 g/mol. The van der Waals surface area contributed by atoms with Crippen molar-refractivity contribution in [3.63, 3.8) is 0 Å². The number of benzene rings is 1. The molecule has 1 aliphatic heterocycles. The Morgan fingerprint density at radius 1 is 1.21 bits per heavy atom. The highest BCUT2D eigenvalue weighted by atomic mass is 35.5. The quantitative estimate of drug-likeness (QED) is 0.747. The monoisotopic (exact) mass is 433 g/mol. The third-order valence-corrected chi connectivity index (χ3v) is 6.93. The molecule has 2 unspecified atom stereocenters. The molecule has 2 N–H and O–H groups in total. The number of hydrogen-bond donors (Lipinski definition) is 1. The first-order chi connectivity index (χ1) is 13.5. The lowest BCUT2D eigenvalue weighted by atomic mass is 9.78. The number of halogens is 2. The van der Waals surface area contributed by atoms with Crippen LogP contribution in [-0.4, -0.2) is 34.4 Å². The van der Waals surface area contributed by atoms with Gasteiger partial charge in [0.25, 0.3) is 0 Å². The van der Waals surface area contributed by atoms with E-state index in [2.05, 4.69) is 9.88 Å². The van der Waals surface area contributed by atoms with Crippen LogP contribution < -0.4 is 5.73 Å². The van der Waals surface area contributed by atoms with Gasteiger partial charge < -0.3 is 10.6 Å². The van der Waals surface area contributed by atoms with Crippen LogP contribution in [0, 0.1) is 5.41 Å². The van der Waals surface area contributed by atoms with Gasteiger partial charge in [-0.1, -0.05) is 49.1 Å². The fraction of sp³-hybridized carbons (Fsp3) is 0.478. The summed E-state index contributed by atoms with van der Waals surface area (Å²) in [5.41, 5.74) is 8.94. The van der Waals surface area contributed by atoms with Gasteiger partial charge in [-0.25, -0.2) is 0 Å². The summed E-state index contributed by atoms with van der Waals surface area (Å²) in [4.78, 5) is 19.6. The van der Waals surface area contributed by atoms with Crippen molar-refractivity contribution >= 4 is 29.9 Å². The highest BCUT2D eigenvalue weighted by Crippen LogP contribution is 2.39. The van der Waals surface area contributed by atoms with E-state index in [-0.39, 0.29) is 24.4 Å². The number of nitrogens with two attached hydrogens (primary N) is 1. The number of pyridine rings is 1. The van der Waals surface area contributed by atoms with Crippen molar-refractivity contribution in [3.05, 3.63) is 53.3 Å². The maximum atomic E-state index is 13.3. The molecule has 0 radical (unpaired) electrons. The number of carbonyl (C=O) groups excluding carboxylic acids is 1. The minimum absolute atomic E-state index is 0. The predicted molar refractivity (Wildman–Crippen MR) is 120 cm³/mol. The summed E-state index contributed by atoms with van der Waals surface area (Å²) in [7, 11) is 0. The van der Waals surface area contributed by atoms with Crippen LogP contribution >= 0.6 is 24.0 Å². The summed E-state index contributed by atoms with van der Waals surface area (Å²) < 4.78 is 0. The van der Waals surface area contributed by atoms with Crippen LogP contribution in [0.15, 0.2) is 42.7 Å². The minimum atomic E-state index is -0.600. The molecule has 2 atom stereocenters. The second-order valence-electron chi connectivity index (χ2n) is 8.50. The van der Waals surface area contributed by atoms with Crippen LogP contribution in [0.4, 0.5) is 0 Å². The van der Waals surface area contributed by atoms with Gasteiger partial charge in [-0.3, -0.25) is 9.78 Å². The lowest BCUT2D eigenvalue weighted by Gasteiger charge is -2.32. The number of amides is 1. The molecular formula is C23H29Cl2N3O. The lowest BCUT2D eigenvalue weighted by molar-refractivity contribution is -0.137. The fourth-order valence-corrected chi connectivity index (χ4v) is 4.94. The molecule has 0 bridgehead atoms. The number of nitrogens with zero attached hydrogens (tertiary/aromatic N) is 2. The summed E-state index contributed by atoms with van der Waals surface area (Å²) >= 11 is 6.61. The molecule has 1 saturated carbocycles. The first-order valence-corrected chi connectivity index (χ1v) is 10.6. The van der Waals surface area contributed by atoms with E-state index in [1.54, 1.807) is 6.20 Å². The van der Waals surface area contributed by atoms with Gasteiger partial charge in [0, 0.05) is 41.6 Å². The summed E-state index contributed by atoms with van der Waals surface area (Å²) in [5.74, 6) is 0.194. The van der Waals surface area contributed by atoms with Crippen molar-refractivity contribution in [2.24, 2.45) is 11.1 Å². The van der Waals surface area contributed by atoms with Crippen molar-refractivity contribution in [1.82, 2.24) is 9.88 Å². The van der Waals surface area contributed by atoms with Gasteiger partial charge in [-0.05, 0) is 49.4 Å². The molecule has 29 heavy (non-hydrogen) atoms. The Morgan fingerprint density at radius 2 is 1.97 bits per heavy atom. The van der Waals surface area contributed by atoms with Gasteiger partial charge in [0.15, 0.2) is 0 Å². The zero-order valence-electron chi connectivity index (χ0n) is 16.8. The van der Waals surface area contributed by atoms with Crippen LogP contribution in [0.3, 0.4) is 0 Å². The van der Waals surface area contributed by atoms with Gasteiger partial charge in [0.05, 0.1) is 5.41 Å². The van der Waals surface area contributed by atoms with Gasteiger partial charge in [0.1, 0.15) is 0 Å². The van der Waals surface area contributed by atoms with Gasteiger partial charge >= 0.3 is 0 Å². The number of aromatic nitrogens is 1. The van der Waals surface area contributed by atoms with E-state index in [1.807, 2.05) is 43.5 Å². The Kier molecular flexibility index (Phi) is 6.87. The highest BCUT2D eigenvalue weighted by molar-refractivity contribution is 6.31. The molecule has 1 aromatic carbocycles. The molecule has 4 rings (SSSR count). The Morgan fingerprint density at radius 3 is 2.62 bits per heavy atom. The predicted octanol–water partition coefficient (Wildman–Crippen LogP) is 4.87. The fourth-order valence-electron chi connectivity index (χ4n) is 4.70. The average Bonchev–Trinajstić information content (AvgIpc) is 2.95.